The molecule has 0 atom stereocenters. The van der Waals surface area contributed by atoms with Crippen LogP contribution in [0.1, 0.15) is 0 Å². The Bertz CT molecular complexity index is 2300. The van der Waals surface area contributed by atoms with E-state index in [0.29, 0.717) is 0 Å². The summed E-state index contributed by atoms with van der Waals surface area (Å²) in [6, 6.07) is 66.8. The van der Waals surface area contributed by atoms with Gasteiger partial charge >= 0.3 is 0 Å². The fraction of sp³-hybridized carbons (Fsp3) is 0. The highest BCUT2D eigenvalue weighted by atomic mass is 16.5. The summed E-state index contributed by atoms with van der Waals surface area (Å²) in [5.74, 6) is 1.76. The van der Waals surface area contributed by atoms with E-state index in [0.717, 1.165) is 39.5 Å². The van der Waals surface area contributed by atoms with E-state index in [1.165, 1.54) is 44.3 Å². The van der Waals surface area contributed by atoms with Crippen LogP contribution < -0.4 is 9.64 Å². The summed E-state index contributed by atoms with van der Waals surface area (Å²) in [6.45, 7) is 0. The maximum Gasteiger partial charge on any atom is 0.135 e. The van der Waals surface area contributed by atoms with Crippen LogP contribution in [0.4, 0.5) is 17.1 Å². The molecule has 1 aliphatic heterocycles. The number of hydrogen-bond acceptors (Lipinski definition) is 2. The Kier molecular flexibility index (Phi) is 6.84. The number of fused-ring (bicyclic) bond motifs is 2. The van der Waals surface area contributed by atoms with Crippen molar-refractivity contribution < 1.29 is 4.74 Å². The van der Waals surface area contributed by atoms with E-state index in [1.807, 2.05) is 0 Å². The van der Waals surface area contributed by atoms with Crippen molar-refractivity contribution in [2.24, 2.45) is 0 Å². The van der Waals surface area contributed by atoms with Gasteiger partial charge in [0.05, 0.1) is 0 Å². The van der Waals surface area contributed by atoms with Gasteiger partial charge in [0.25, 0.3) is 0 Å². The molecule has 0 N–H and O–H groups in total. The highest BCUT2D eigenvalue weighted by Crippen LogP contribution is 2.50. The number of nitrogens with zero attached hydrogens (tertiary/aromatic N) is 1. The van der Waals surface area contributed by atoms with Gasteiger partial charge in [0.2, 0.25) is 0 Å². The second kappa shape index (κ2) is 11.8. The summed E-state index contributed by atoms with van der Waals surface area (Å²) in [6.07, 6.45) is 0. The number of anilines is 3. The van der Waals surface area contributed by atoms with Crippen molar-refractivity contribution in [1.29, 1.82) is 0 Å². The Morgan fingerprint density at radius 2 is 0.812 bits per heavy atom. The monoisotopic (exact) mass is 613 g/mol. The van der Waals surface area contributed by atoms with Crippen LogP contribution in [0.5, 0.6) is 11.5 Å². The zero-order valence-corrected chi connectivity index (χ0v) is 26.3. The van der Waals surface area contributed by atoms with Gasteiger partial charge in [0.1, 0.15) is 11.5 Å². The summed E-state index contributed by atoms with van der Waals surface area (Å²) in [4.78, 5) is 2.33. The third-order valence-corrected chi connectivity index (χ3v) is 9.28. The van der Waals surface area contributed by atoms with Crippen molar-refractivity contribution in [3.05, 3.63) is 188 Å². The van der Waals surface area contributed by atoms with Gasteiger partial charge in [-0.1, -0.05) is 140 Å². The molecular formula is C46H31NO. The average molecular weight is 614 g/mol. The van der Waals surface area contributed by atoms with Gasteiger partial charge in [-0.2, -0.15) is 0 Å². The standard InChI is InChI=1S/C46H31NO/c1-4-11-32(12-5-1)34-19-23-37(24-20-34)47(38-25-21-35(22-26-38)33-13-6-2-7-14-33)39-27-30-44-43(31-39)42-29-28-40(36-15-8-3-9-16-36)41-17-10-18-45(48-44)46(41)42/h1-31H. The molecule has 2 heteroatoms. The van der Waals surface area contributed by atoms with Crippen LogP contribution in [0, 0.1) is 0 Å². The van der Waals surface area contributed by atoms with E-state index in [4.69, 9.17) is 4.74 Å². The number of hydrogen-bond donors (Lipinski definition) is 0. The Labute approximate surface area is 280 Å². The molecule has 0 fully saturated rings. The van der Waals surface area contributed by atoms with Crippen LogP contribution in [0.15, 0.2) is 188 Å². The molecule has 0 amide bonds. The Balaban J connectivity index is 1.18. The fourth-order valence-corrected chi connectivity index (χ4v) is 6.94. The smallest absolute Gasteiger partial charge is 0.135 e. The molecular weight excluding hydrogens is 583 g/mol. The molecule has 0 saturated carbocycles. The first kappa shape index (κ1) is 27.9. The molecule has 48 heavy (non-hydrogen) atoms. The molecule has 0 radical (unpaired) electrons. The minimum Gasteiger partial charge on any atom is -0.456 e. The van der Waals surface area contributed by atoms with Crippen molar-refractivity contribution in [2.45, 2.75) is 0 Å². The van der Waals surface area contributed by atoms with Gasteiger partial charge in [-0.3, -0.25) is 0 Å². The minimum absolute atomic E-state index is 0.866. The molecule has 0 aromatic heterocycles. The van der Waals surface area contributed by atoms with Gasteiger partial charge in [0.15, 0.2) is 0 Å². The molecule has 226 valence electrons. The predicted molar refractivity (Wildman–Crippen MR) is 200 cm³/mol. The third-order valence-electron chi connectivity index (χ3n) is 9.28. The van der Waals surface area contributed by atoms with E-state index in [2.05, 4.69) is 193 Å². The highest BCUT2D eigenvalue weighted by molar-refractivity contribution is 6.10. The maximum absolute atomic E-state index is 6.60. The van der Waals surface area contributed by atoms with E-state index in [9.17, 15) is 0 Å². The first-order valence-electron chi connectivity index (χ1n) is 16.3. The third kappa shape index (κ3) is 4.92. The van der Waals surface area contributed by atoms with Gasteiger partial charge < -0.3 is 9.64 Å². The van der Waals surface area contributed by atoms with Crippen LogP contribution in [0.3, 0.4) is 0 Å². The quantitative estimate of drug-likeness (QED) is 0.185. The highest BCUT2D eigenvalue weighted by Gasteiger charge is 2.24. The molecule has 0 saturated heterocycles. The van der Waals surface area contributed by atoms with Crippen LogP contribution in [-0.4, -0.2) is 0 Å². The average Bonchev–Trinajstić information content (AvgIpc) is 3.17. The molecule has 8 aromatic carbocycles. The van der Waals surface area contributed by atoms with Crippen molar-refractivity contribution in [1.82, 2.24) is 0 Å². The number of benzene rings is 8. The lowest BCUT2D eigenvalue weighted by atomic mass is 9.89. The molecule has 1 aliphatic rings. The first-order valence-corrected chi connectivity index (χ1v) is 16.3. The molecule has 9 rings (SSSR count). The van der Waals surface area contributed by atoms with Crippen molar-refractivity contribution in [2.75, 3.05) is 4.90 Å². The summed E-state index contributed by atoms with van der Waals surface area (Å²) >= 11 is 0. The molecule has 1 heterocycles. The van der Waals surface area contributed by atoms with E-state index < -0.39 is 0 Å². The summed E-state index contributed by atoms with van der Waals surface area (Å²) < 4.78 is 6.60. The van der Waals surface area contributed by atoms with Crippen LogP contribution in [0.2, 0.25) is 0 Å². The topological polar surface area (TPSA) is 12.5 Å². The Hall–Kier alpha value is -6.38. The number of ether oxygens (including phenoxy) is 1. The largest absolute Gasteiger partial charge is 0.456 e. The molecule has 0 aliphatic carbocycles. The Morgan fingerprint density at radius 1 is 0.312 bits per heavy atom. The lowest BCUT2D eigenvalue weighted by Gasteiger charge is -2.28. The van der Waals surface area contributed by atoms with E-state index in [-0.39, 0.29) is 0 Å². The summed E-state index contributed by atoms with van der Waals surface area (Å²) in [7, 11) is 0. The van der Waals surface area contributed by atoms with Gasteiger partial charge in [0, 0.05) is 28.0 Å². The van der Waals surface area contributed by atoms with Crippen molar-refractivity contribution >= 4 is 27.8 Å². The lowest BCUT2D eigenvalue weighted by Crippen LogP contribution is -2.10. The maximum atomic E-state index is 6.60. The molecule has 2 nitrogen and oxygen atoms in total. The molecule has 0 unspecified atom stereocenters. The van der Waals surface area contributed by atoms with E-state index >= 15 is 0 Å². The fourth-order valence-electron chi connectivity index (χ4n) is 6.94. The number of rotatable bonds is 6. The molecule has 8 aromatic rings. The predicted octanol–water partition coefficient (Wildman–Crippen LogP) is 13.1. The van der Waals surface area contributed by atoms with Crippen molar-refractivity contribution in [3.63, 3.8) is 0 Å². The van der Waals surface area contributed by atoms with Crippen molar-refractivity contribution in [3.8, 4) is 56.0 Å². The van der Waals surface area contributed by atoms with Gasteiger partial charge in [-0.05, 0) is 92.9 Å². The van der Waals surface area contributed by atoms with Crippen LogP contribution in [-0.2, 0) is 0 Å². The zero-order chi connectivity index (χ0) is 31.9. The summed E-state index contributed by atoms with van der Waals surface area (Å²) in [5.41, 5.74) is 12.7. The minimum atomic E-state index is 0.866. The lowest BCUT2D eigenvalue weighted by molar-refractivity contribution is 0.487. The van der Waals surface area contributed by atoms with E-state index in [1.54, 1.807) is 0 Å². The molecule has 0 bridgehead atoms. The first-order chi connectivity index (χ1) is 23.8. The van der Waals surface area contributed by atoms with Gasteiger partial charge in [-0.25, -0.2) is 0 Å². The SMILES string of the molecule is c1ccc(-c2ccc(N(c3ccc(-c4ccccc4)cc3)c3ccc4c(c3)-c3ccc(-c5ccccc5)c5cccc(c35)O4)cc2)cc1. The Morgan fingerprint density at radius 3 is 1.40 bits per heavy atom. The molecule has 0 spiro atoms. The zero-order valence-electron chi connectivity index (χ0n) is 26.3. The second-order valence-corrected chi connectivity index (χ2v) is 12.1. The van der Waals surface area contributed by atoms with Gasteiger partial charge in [-0.15, -0.1) is 0 Å². The summed E-state index contributed by atoms with van der Waals surface area (Å²) in [5, 5.41) is 2.34. The van der Waals surface area contributed by atoms with Crippen LogP contribution in [0.25, 0.3) is 55.3 Å². The normalized spacial score (nSPS) is 11.5. The second-order valence-electron chi connectivity index (χ2n) is 12.1. The van der Waals surface area contributed by atoms with Crippen LogP contribution >= 0.6 is 0 Å².